The van der Waals surface area contributed by atoms with Crippen LogP contribution in [0.3, 0.4) is 0 Å². The molecule has 0 amide bonds. The summed E-state index contributed by atoms with van der Waals surface area (Å²) in [5.41, 5.74) is 12.0. The first-order chi connectivity index (χ1) is 24.9. The molecule has 0 unspecified atom stereocenters. The number of phenols is 2. The SMILES string of the molecule is Cc1ccccc1Cc1cc(Cc2ccccc2C)c(O)c(C(=O)O)c1.Cc1ccccc1Cc1cc(Cc2ccccc2C)c(O)c(C(=O)O)c1.[Zn]. The molecule has 6 aromatic rings. The van der Waals surface area contributed by atoms with Crippen LogP contribution in [-0.2, 0) is 45.2 Å². The van der Waals surface area contributed by atoms with Crippen molar-refractivity contribution >= 4 is 11.9 Å². The molecule has 266 valence electrons. The molecule has 0 aliphatic heterocycles. The maximum Gasteiger partial charge on any atom is 0.339 e. The number of hydrogen-bond acceptors (Lipinski definition) is 4. The predicted octanol–water partition coefficient (Wildman–Crippen LogP) is 9.78. The number of carbonyl (C=O) groups is 2. The van der Waals surface area contributed by atoms with Gasteiger partial charge in [-0.05, 0) is 119 Å². The zero-order chi connectivity index (χ0) is 37.4. The van der Waals surface area contributed by atoms with Gasteiger partial charge in [-0.3, -0.25) is 0 Å². The van der Waals surface area contributed by atoms with Crippen LogP contribution in [0.25, 0.3) is 0 Å². The van der Waals surface area contributed by atoms with Gasteiger partial charge < -0.3 is 20.4 Å². The van der Waals surface area contributed by atoms with Crippen molar-refractivity contribution in [2.75, 3.05) is 0 Å². The molecule has 0 spiro atoms. The van der Waals surface area contributed by atoms with Gasteiger partial charge in [0.25, 0.3) is 0 Å². The Kier molecular flexibility index (Phi) is 13.9. The smallest absolute Gasteiger partial charge is 0.339 e. The molecule has 6 nitrogen and oxygen atoms in total. The molecular weight excluding hydrogens is 714 g/mol. The van der Waals surface area contributed by atoms with Gasteiger partial charge in [0.2, 0.25) is 0 Å². The fourth-order valence-electron chi connectivity index (χ4n) is 6.40. The first-order valence-corrected chi connectivity index (χ1v) is 17.2. The molecule has 0 aliphatic rings. The third-order valence-corrected chi connectivity index (χ3v) is 9.55. The van der Waals surface area contributed by atoms with Gasteiger partial charge in [0.05, 0.1) is 0 Å². The van der Waals surface area contributed by atoms with Gasteiger partial charge in [0.1, 0.15) is 22.6 Å². The fourth-order valence-corrected chi connectivity index (χ4v) is 6.40. The van der Waals surface area contributed by atoms with Crippen LogP contribution in [0.15, 0.2) is 121 Å². The third kappa shape index (κ3) is 10.3. The van der Waals surface area contributed by atoms with Crippen molar-refractivity contribution in [2.45, 2.75) is 53.4 Å². The van der Waals surface area contributed by atoms with E-state index in [0.717, 1.165) is 55.6 Å². The van der Waals surface area contributed by atoms with Crippen molar-refractivity contribution in [3.05, 3.63) is 199 Å². The molecule has 6 rings (SSSR count). The Hall–Kier alpha value is -5.52. The van der Waals surface area contributed by atoms with Crippen LogP contribution < -0.4 is 0 Å². The molecule has 0 radical (unpaired) electrons. The Morgan fingerprint density at radius 2 is 0.679 bits per heavy atom. The van der Waals surface area contributed by atoms with E-state index in [4.69, 9.17) is 0 Å². The third-order valence-electron chi connectivity index (χ3n) is 9.55. The molecule has 0 aliphatic carbocycles. The maximum atomic E-state index is 11.6. The average Bonchev–Trinajstić information content (AvgIpc) is 3.11. The summed E-state index contributed by atoms with van der Waals surface area (Å²) in [6.07, 6.45) is 2.27. The zero-order valence-electron chi connectivity index (χ0n) is 30.7. The topological polar surface area (TPSA) is 115 Å². The molecule has 0 saturated carbocycles. The number of carboxylic acid groups (broad SMARTS) is 2. The zero-order valence-corrected chi connectivity index (χ0v) is 33.7. The molecule has 0 heterocycles. The number of rotatable bonds is 10. The summed E-state index contributed by atoms with van der Waals surface area (Å²) in [7, 11) is 0. The summed E-state index contributed by atoms with van der Waals surface area (Å²) in [4.78, 5) is 23.2. The largest absolute Gasteiger partial charge is 0.507 e. The summed E-state index contributed by atoms with van der Waals surface area (Å²) in [5.74, 6) is -2.51. The van der Waals surface area contributed by atoms with E-state index in [-0.39, 0.29) is 42.1 Å². The predicted molar refractivity (Wildman–Crippen MR) is 206 cm³/mol. The molecule has 6 aromatic carbocycles. The summed E-state index contributed by atoms with van der Waals surface area (Å²) in [6, 6.07) is 39.0. The Balaban J connectivity index is 0.000000232. The second-order valence-electron chi connectivity index (χ2n) is 13.3. The first kappa shape index (κ1) is 40.3. The van der Waals surface area contributed by atoms with Crippen LogP contribution >= 0.6 is 0 Å². The monoisotopic (exact) mass is 756 g/mol. The number of carboxylic acids is 2. The Bertz CT molecular complexity index is 2080. The van der Waals surface area contributed by atoms with Crippen LogP contribution in [0.5, 0.6) is 11.5 Å². The van der Waals surface area contributed by atoms with Crippen molar-refractivity contribution in [2.24, 2.45) is 0 Å². The van der Waals surface area contributed by atoms with Gasteiger partial charge in [-0.15, -0.1) is 0 Å². The van der Waals surface area contributed by atoms with E-state index in [1.807, 2.05) is 137 Å². The normalized spacial score (nSPS) is 10.5. The van der Waals surface area contributed by atoms with Gasteiger partial charge >= 0.3 is 11.9 Å². The van der Waals surface area contributed by atoms with Gasteiger partial charge in [-0.25, -0.2) is 9.59 Å². The van der Waals surface area contributed by atoms with Crippen molar-refractivity contribution in [3.63, 3.8) is 0 Å². The minimum absolute atomic E-state index is 0. The molecular formula is C46H44O6Zn. The number of aromatic hydroxyl groups is 2. The molecule has 0 saturated heterocycles. The summed E-state index contributed by atoms with van der Waals surface area (Å²) >= 11 is 0. The Morgan fingerprint density at radius 3 is 0.943 bits per heavy atom. The van der Waals surface area contributed by atoms with E-state index < -0.39 is 11.9 Å². The molecule has 7 heteroatoms. The van der Waals surface area contributed by atoms with Gasteiger partial charge in [0.15, 0.2) is 0 Å². The molecule has 4 N–H and O–H groups in total. The van der Waals surface area contributed by atoms with E-state index in [0.29, 0.717) is 36.8 Å². The van der Waals surface area contributed by atoms with Gasteiger partial charge in [0, 0.05) is 32.3 Å². The standard InChI is InChI=1S/2C23H22O3.Zn/c2*1-15-7-3-5-9-18(15)11-17-12-20(22(24)21(13-17)23(25)26)14-19-10-6-4-8-16(19)2;/h2*3-10,12-13,24H,11,14H2,1-2H3,(H,25,26);. The number of hydrogen-bond donors (Lipinski definition) is 4. The van der Waals surface area contributed by atoms with E-state index >= 15 is 0 Å². The first-order valence-electron chi connectivity index (χ1n) is 17.2. The van der Waals surface area contributed by atoms with E-state index in [2.05, 4.69) is 0 Å². The van der Waals surface area contributed by atoms with Crippen LogP contribution in [0, 0.1) is 27.7 Å². The second-order valence-corrected chi connectivity index (χ2v) is 13.3. The van der Waals surface area contributed by atoms with Crippen molar-refractivity contribution in [1.82, 2.24) is 0 Å². The Morgan fingerprint density at radius 1 is 0.415 bits per heavy atom. The minimum Gasteiger partial charge on any atom is -0.507 e. The van der Waals surface area contributed by atoms with E-state index in [1.54, 1.807) is 12.1 Å². The fraction of sp³-hybridized carbons (Fsp3) is 0.174. The summed E-state index contributed by atoms with van der Waals surface area (Å²) in [6.45, 7) is 8.12. The quantitative estimate of drug-likeness (QED) is 0.104. The Labute approximate surface area is 324 Å². The molecule has 53 heavy (non-hydrogen) atoms. The number of aromatic carboxylic acids is 2. The maximum absolute atomic E-state index is 11.6. The summed E-state index contributed by atoms with van der Waals surface area (Å²) < 4.78 is 0. The van der Waals surface area contributed by atoms with Crippen molar-refractivity contribution < 1.29 is 49.5 Å². The molecule has 0 aromatic heterocycles. The van der Waals surface area contributed by atoms with Gasteiger partial charge in [-0.2, -0.15) is 0 Å². The van der Waals surface area contributed by atoms with E-state index in [1.165, 1.54) is 0 Å². The summed E-state index contributed by atoms with van der Waals surface area (Å²) in [5, 5.41) is 39.9. The molecule has 0 atom stereocenters. The molecule has 0 fully saturated rings. The van der Waals surface area contributed by atoms with Crippen LogP contribution in [0.1, 0.15) is 87.5 Å². The second kappa shape index (κ2) is 18.3. The van der Waals surface area contributed by atoms with Crippen LogP contribution in [-0.4, -0.2) is 32.4 Å². The van der Waals surface area contributed by atoms with Crippen molar-refractivity contribution in [3.8, 4) is 11.5 Å². The van der Waals surface area contributed by atoms with Gasteiger partial charge in [-0.1, -0.05) is 109 Å². The minimum atomic E-state index is -1.11. The number of benzene rings is 6. The van der Waals surface area contributed by atoms with Crippen LogP contribution in [0.4, 0.5) is 0 Å². The van der Waals surface area contributed by atoms with E-state index in [9.17, 15) is 30.0 Å². The molecule has 0 bridgehead atoms. The average molecular weight is 758 g/mol. The number of aryl methyl sites for hydroxylation is 4. The van der Waals surface area contributed by atoms with Crippen LogP contribution in [0.2, 0.25) is 0 Å². The van der Waals surface area contributed by atoms with Crippen molar-refractivity contribution in [1.29, 1.82) is 0 Å².